The minimum atomic E-state index is -4.51. The lowest BCUT2D eigenvalue weighted by molar-refractivity contribution is -0.147. The molecule has 0 aliphatic rings. The van der Waals surface area contributed by atoms with Gasteiger partial charge in [0, 0.05) is 23.9 Å². The molecule has 1 N–H and O–H groups in total. The topological polar surface area (TPSA) is 55.6 Å². The summed E-state index contributed by atoms with van der Waals surface area (Å²) in [6, 6.07) is 7.92. The van der Waals surface area contributed by atoms with Crippen molar-refractivity contribution in [3.63, 3.8) is 0 Å². The Labute approximate surface area is 150 Å². The van der Waals surface area contributed by atoms with Crippen LogP contribution in [0.3, 0.4) is 0 Å². The smallest absolute Gasteiger partial charge is 0.332 e. The summed E-state index contributed by atoms with van der Waals surface area (Å²) in [6.45, 7) is 2.01. The fourth-order valence-electron chi connectivity index (χ4n) is 2.02. The van der Waals surface area contributed by atoms with Crippen molar-refractivity contribution in [2.45, 2.75) is 24.0 Å². The molecule has 25 heavy (non-hydrogen) atoms. The van der Waals surface area contributed by atoms with E-state index in [1.165, 1.54) is 23.9 Å². The number of aromatic nitrogens is 4. The van der Waals surface area contributed by atoms with E-state index in [-0.39, 0.29) is 5.16 Å². The zero-order valence-electron chi connectivity index (χ0n) is 13.3. The SMILES string of the molecule is Cc1ccc(Nc2nc(CSc3nnc(C(F)(F)F)n3C)cs2)cc1. The summed E-state index contributed by atoms with van der Waals surface area (Å²) in [5.74, 6) is -0.592. The number of hydrogen-bond donors (Lipinski definition) is 1. The Morgan fingerprint density at radius 1 is 1.20 bits per heavy atom. The fourth-order valence-corrected chi connectivity index (χ4v) is 3.66. The Balaban J connectivity index is 1.62. The van der Waals surface area contributed by atoms with Gasteiger partial charge in [-0.1, -0.05) is 29.5 Å². The van der Waals surface area contributed by atoms with Crippen LogP contribution in [0.2, 0.25) is 0 Å². The Morgan fingerprint density at radius 3 is 2.56 bits per heavy atom. The maximum absolute atomic E-state index is 12.7. The van der Waals surface area contributed by atoms with Crippen molar-refractivity contribution < 1.29 is 13.2 Å². The first-order valence-corrected chi connectivity index (χ1v) is 9.07. The van der Waals surface area contributed by atoms with Gasteiger partial charge in [-0.2, -0.15) is 13.2 Å². The molecule has 3 rings (SSSR count). The largest absolute Gasteiger partial charge is 0.451 e. The molecule has 0 bridgehead atoms. The quantitative estimate of drug-likeness (QED) is 0.649. The molecule has 0 unspecified atom stereocenters. The molecular weight excluding hydrogens is 371 g/mol. The number of rotatable bonds is 5. The lowest BCUT2D eigenvalue weighted by Crippen LogP contribution is -2.12. The van der Waals surface area contributed by atoms with Crippen molar-refractivity contribution in [1.29, 1.82) is 0 Å². The number of halogens is 3. The van der Waals surface area contributed by atoms with Crippen LogP contribution in [0.5, 0.6) is 0 Å². The van der Waals surface area contributed by atoms with Crippen LogP contribution in [-0.2, 0) is 19.0 Å². The van der Waals surface area contributed by atoms with Gasteiger partial charge in [0.15, 0.2) is 10.3 Å². The van der Waals surface area contributed by atoms with Crippen molar-refractivity contribution in [2.24, 2.45) is 7.05 Å². The molecule has 2 aromatic heterocycles. The molecule has 0 atom stereocenters. The lowest BCUT2D eigenvalue weighted by atomic mass is 10.2. The van der Waals surface area contributed by atoms with Crippen molar-refractivity contribution >= 4 is 33.9 Å². The highest BCUT2D eigenvalue weighted by atomic mass is 32.2. The molecule has 0 fully saturated rings. The van der Waals surface area contributed by atoms with Gasteiger partial charge in [0.25, 0.3) is 0 Å². The first kappa shape index (κ1) is 17.7. The van der Waals surface area contributed by atoms with Crippen LogP contribution in [0.4, 0.5) is 24.0 Å². The van der Waals surface area contributed by atoms with Gasteiger partial charge in [-0.05, 0) is 19.1 Å². The maximum atomic E-state index is 12.7. The second-order valence-electron chi connectivity index (χ2n) is 5.29. The molecule has 0 saturated heterocycles. The summed E-state index contributed by atoms with van der Waals surface area (Å²) in [6.07, 6.45) is -4.51. The predicted molar refractivity (Wildman–Crippen MR) is 92.1 cm³/mol. The van der Waals surface area contributed by atoms with E-state index in [9.17, 15) is 13.2 Å². The van der Waals surface area contributed by atoms with E-state index in [2.05, 4.69) is 20.5 Å². The van der Waals surface area contributed by atoms with Crippen LogP contribution in [0.1, 0.15) is 17.1 Å². The zero-order chi connectivity index (χ0) is 18.0. The molecule has 2 heterocycles. The average Bonchev–Trinajstić information content (AvgIpc) is 3.14. The van der Waals surface area contributed by atoms with Crippen LogP contribution in [0.15, 0.2) is 34.8 Å². The van der Waals surface area contributed by atoms with Gasteiger partial charge in [-0.25, -0.2) is 4.98 Å². The van der Waals surface area contributed by atoms with Gasteiger partial charge in [0.2, 0.25) is 5.82 Å². The van der Waals surface area contributed by atoms with E-state index in [0.29, 0.717) is 5.75 Å². The normalized spacial score (nSPS) is 11.7. The monoisotopic (exact) mass is 385 g/mol. The molecule has 132 valence electrons. The minimum Gasteiger partial charge on any atom is -0.332 e. The molecule has 10 heteroatoms. The molecule has 0 saturated carbocycles. The van der Waals surface area contributed by atoms with E-state index in [1.54, 1.807) is 0 Å². The van der Waals surface area contributed by atoms with E-state index in [4.69, 9.17) is 0 Å². The van der Waals surface area contributed by atoms with Gasteiger partial charge >= 0.3 is 6.18 Å². The first-order valence-electron chi connectivity index (χ1n) is 7.20. The number of thioether (sulfide) groups is 1. The molecule has 0 aliphatic heterocycles. The number of benzene rings is 1. The zero-order valence-corrected chi connectivity index (χ0v) is 15.0. The highest BCUT2D eigenvalue weighted by molar-refractivity contribution is 7.98. The highest BCUT2D eigenvalue weighted by Crippen LogP contribution is 2.31. The van der Waals surface area contributed by atoms with Gasteiger partial charge in [-0.3, -0.25) is 0 Å². The van der Waals surface area contributed by atoms with Crippen LogP contribution in [0, 0.1) is 6.92 Å². The number of thiazole rings is 1. The summed E-state index contributed by atoms with van der Waals surface area (Å²) in [4.78, 5) is 4.44. The Hall–Kier alpha value is -2.07. The van der Waals surface area contributed by atoms with Crippen molar-refractivity contribution in [3.05, 3.63) is 46.7 Å². The third-order valence-electron chi connectivity index (χ3n) is 3.29. The highest BCUT2D eigenvalue weighted by Gasteiger charge is 2.37. The summed E-state index contributed by atoms with van der Waals surface area (Å²) >= 11 is 2.60. The molecule has 5 nitrogen and oxygen atoms in total. The third-order valence-corrected chi connectivity index (χ3v) is 5.15. The van der Waals surface area contributed by atoms with E-state index >= 15 is 0 Å². The fraction of sp³-hybridized carbons (Fsp3) is 0.267. The number of aryl methyl sites for hydroxylation is 1. The molecule has 3 aromatic rings. The second-order valence-corrected chi connectivity index (χ2v) is 7.09. The second kappa shape index (κ2) is 7.04. The Kier molecular flexibility index (Phi) is 5.00. The summed E-state index contributed by atoms with van der Waals surface area (Å²) in [5, 5.41) is 12.8. The standard InChI is InChI=1S/C15H14F3N5S2/c1-9-3-5-10(6-4-9)19-13-20-11(7-24-13)8-25-14-22-21-12(23(14)2)15(16,17)18/h3-7H,8H2,1-2H3,(H,19,20). The molecular formula is C15H14F3N5S2. The number of nitrogens with zero attached hydrogens (tertiary/aromatic N) is 4. The molecule has 0 amide bonds. The third kappa shape index (κ3) is 4.31. The first-order chi connectivity index (χ1) is 11.8. The molecule has 0 spiro atoms. The van der Waals surface area contributed by atoms with E-state index in [1.807, 2.05) is 36.6 Å². The maximum Gasteiger partial charge on any atom is 0.451 e. The van der Waals surface area contributed by atoms with Crippen molar-refractivity contribution in [1.82, 2.24) is 19.7 Å². The number of hydrogen-bond acceptors (Lipinski definition) is 6. The van der Waals surface area contributed by atoms with E-state index in [0.717, 1.165) is 32.8 Å². The van der Waals surface area contributed by atoms with E-state index < -0.39 is 12.0 Å². The number of alkyl halides is 3. The summed E-state index contributed by atoms with van der Waals surface area (Å²) in [7, 11) is 1.30. The lowest BCUT2D eigenvalue weighted by Gasteiger charge is -2.05. The molecule has 1 aromatic carbocycles. The van der Waals surface area contributed by atoms with Crippen LogP contribution < -0.4 is 5.32 Å². The van der Waals surface area contributed by atoms with Crippen molar-refractivity contribution in [2.75, 3.05) is 5.32 Å². The average molecular weight is 385 g/mol. The predicted octanol–water partition coefficient (Wildman–Crippen LogP) is 4.63. The Bertz CT molecular complexity index is 855. The van der Waals surface area contributed by atoms with Crippen LogP contribution >= 0.6 is 23.1 Å². The van der Waals surface area contributed by atoms with Gasteiger partial charge in [-0.15, -0.1) is 21.5 Å². The molecule has 0 aliphatic carbocycles. The van der Waals surface area contributed by atoms with Crippen LogP contribution in [0.25, 0.3) is 0 Å². The Morgan fingerprint density at radius 2 is 1.92 bits per heavy atom. The summed E-state index contributed by atoms with van der Waals surface area (Å²) < 4.78 is 39.1. The van der Waals surface area contributed by atoms with Crippen LogP contribution in [-0.4, -0.2) is 19.7 Å². The summed E-state index contributed by atoms with van der Waals surface area (Å²) in [5.41, 5.74) is 2.87. The van der Waals surface area contributed by atoms with Gasteiger partial charge in [0.05, 0.1) is 5.69 Å². The van der Waals surface area contributed by atoms with Crippen molar-refractivity contribution in [3.8, 4) is 0 Å². The number of nitrogens with one attached hydrogen (secondary N) is 1. The van der Waals surface area contributed by atoms with Gasteiger partial charge < -0.3 is 9.88 Å². The van der Waals surface area contributed by atoms with Gasteiger partial charge in [0.1, 0.15) is 0 Å². The number of anilines is 2. The molecule has 0 radical (unpaired) electrons. The minimum absolute atomic E-state index is 0.202.